The highest BCUT2D eigenvalue weighted by Crippen LogP contribution is 2.51. The van der Waals surface area contributed by atoms with Gasteiger partial charge in [-0.15, -0.1) is 11.3 Å². The van der Waals surface area contributed by atoms with Crippen molar-refractivity contribution in [3.8, 4) is 35.0 Å². The second-order valence-corrected chi connectivity index (χ2v) is 14.4. The maximum absolute atomic E-state index is 17.3. The summed E-state index contributed by atoms with van der Waals surface area (Å²) in [4.78, 5) is 17.5. The molecule has 3 atom stereocenters. The number of rotatable bonds is 6. The van der Waals surface area contributed by atoms with E-state index in [-0.39, 0.29) is 96.6 Å². The van der Waals surface area contributed by atoms with Gasteiger partial charge in [-0.05, 0) is 44.0 Å². The number of fused-ring (bicyclic) bond motifs is 2. The number of nitrogens with zero attached hydrogens (tertiary/aromatic N) is 7. The van der Waals surface area contributed by atoms with Crippen LogP contribution in [-0.4, -0.2) is 64.4 Å². The van der Waals surface area contributed by atoms with Crippen molar-refractivity contribution in [2.45, 2.75) is 43.9 Å². The number of hydrogen-bond donors (Lipinski definition) is 2. The zero-order chi connectivity index (χ0) is 35.8. The van der Waals surface area contributed by atoms with Gasteiger partial charge in [0.25, 0.3) is 0 Å². The Bertz CT molecular complexity index is 2360. The molecule has 11 nitrogen and oxygen atoms in total. The van der Waals surface area contributed by atoms with Crippen molar-refractivity contribution in [2.75, 3.05) is 49.2 Å². The quantitative estimate of drug-likeness (QED) is 0.192. The van der Waals surface area contributed by atoms with Gasteiger partial charge in [-0.2, -0.15) is 20.5 Å². The zero-order valence-electron chi connectivity index (χ0n) is 27.1. The minimum absolute atomic E-state index is 0.00373. The molecule has 260 valence electrons. The molecule has 0 amide bonds. The third-order valence-corrected chi connectivity index (χ3v) is 11.6. The van der Waals surface area contributed by atoms with Crippen LogP contribution in [0.1, 0.15) is 49.0 Å². The number of anilines is 3. The first-order chi connectivity index (χ1) is 24.5. The molecule has 0 radical (unpaired) electrons. The number of nitrogen functional groups attached to an aromatic ring is 2. The van der Waals surface area contributed by atoms with Gasteiger partial charge in [0, 0.05) is 29.5 Å². The molecule has 2 aromatic carbocycles. The maximum Gasteiger partial charge on any atom is 0.319 e. The number of ether oxygens (including phenoxy) is 2. The van der Waals surface area contributed by atoms with Crippen LogP contribution in [-0.2, 0) is 0 Å². The van der Waals surface area contributed by atoms with E-state index in [1.54, 1.807) is 12.1 Å². The van der Waals surface area contributed by atoms with Gasteiger partial charge in [-0.3, -0.25) is 4.90 Å². The van der Waals surface area contributed by atoms with Crippen LogP contribution in [0.25, 0.3) is 32.1 Å². The molecule has 3 aliphatic rings. The fourth-order valence-electron chi connectivity index (χ4n) is 7.83. The predicted octanol–water partition coefficient (Wildman–Crippen LogP) is 6.66. The highest BCUT2D eigenvalue weighted by molar-refractivity contribution is 7.23. The van der Waals surface area contributed by atoms with Gasteiger partial charge in [-0.1, -0.05) is 23.7 Å². The number of hydrogen-bond acceptors (Lipinski definition) is 12. The Kier molecular flexibility index (Phi) is 7.98. The molecular formula is C35H29ClF3N9O2S. The molecule has 8 rings (SSSR count). The van der Waals surface area contributed by atoms with Crippen molar-refractivity contribution < 1.29 is 22.6 Å². The topological polar surface area (TPSA) is 163 Å². The highest BCUT2D eigenvalue weighted by Gasteiger charge is 2.49. The zero-order valence-corrected chi connectivity index (χ0v) is 28.7. The molecule has 2 saturated heterocycles. The molecule has 2 fully saturated rings. The maximum atomic E-state index is 17.3. The molecule has 51 heavy (non-hydrogen) atoms. The van der Waals surface area contributed by atoms with Crippen LogP contribution in [0.3, 0.4) is 0 Å². The lowest BCUT2D eigenvalue weighted by Gasteiger charge is -2.32. The van der Waals surface area contributed by atoms with Crippen LogP contribution in [0.5, 0.6) is 11.8 Å². The summed E-state index contributed by atoms with van der Waals surface area (Å²) in [6.45, 7) is 3.32. The van der Waals surface area contributed by atoms with E-state index in [0.29, 0.717) is 18.5 Å². The summed E-state index contributed by atoms with van der Waals surface area (Å²) in [7, 11) is 0. The molecule has 0 saturated carbocycles. The summed E-state index contributed by atoms with van der Waals surface area (Å²) in [5.74, 6) is -1.04. The number of aromatic nitrogens is 3. The largest absolute Gasteiger partial charge is 0.489 e. The van der Waals surface area contributed by atoms with Crippen LogP contribution in [0.4, 0.5) is 29.8 Å². The second-order valence-electron chi connectivity index (χ2n) is 13.0. The standard InChI is InChI=1S/C35H29ClF3N9O2S/c1-16(19-4-3-18(12-40)44-31(19)42)48-9-10-49-29-25-28(45-34(46-33(25)48)50-15-35-7-2-8-47(35)14-17(37)11-35)27(39)24(26(29)36)20-5-6-22(38)30-23(20)21(13-41)32(43)51-30/h3-6,16-17H,2,7-11,14-15,43H2,1H3,(H2,42,44)/t16-,17-,35+/m1/s1. The monoisotopic (exact) mass is 731 g/mol. The first kappa shape index (κ1) is 33.1. The molecule has 5 aromatic rings. The average Bonchev–Trinajstić information content (AvgIpc) is 3.71. The summed E-state index contributed by atoms with van der Waals surface area (Å²) in [5.41, 5.74) is 12.4. The SMILES string of the molecule is C[C@H](c1ccc(C#N)nc1N)N1CCOc2c(Cl)c(-c3ccc(F)c4sc(N)c(C#N)c34)c(F)c3nc(OC[C@@]45CCCN4C[C@H](F)C5)nc1c23. The van der Waals surface area contributed by atoms with E-state index in [0.717, 1.165) is 30.7 Å². The molecule has 6 heterocycles. The van der Waals surface area contributed by atoms with Crippen LogP contribution in [0.15, 0.2) is 24.3 Å². The van der Waals surface area contributed by atoms with Gasteiger partial charge >= 0.3 is 6.01 Å². The van der Waals surface area contributed by atoms with Gasteiger partial charge in [-0.25, -0.2) is 18.2 Å². The fraction of sp³-hybridized carbons (Fsp3) is 0.343. The smallest absolute Gasteiger partial charge is 0.319 e. The average molecular weight is 732 g/mol. The van der Waals surface area contributed by atoms with Crippen molar-refractivity contribution in [3.63, 3.8) is 0 Å². The molecule has 0 unspecified atom stereocenters. The van der Waals surface area contributed by atoms with Crippen LogP contribution < -0.4 is 25.8 Å². The van der Waals surface area contributed by atoms with E-state index in [1.165, 1.54) is 12.1 Å². The third-order valence-electron chi connectivity index (χ3n) is 10.2. The summed E-state index contributed by atoms with van der Waals surface area (Å²) in [5, 5.41) is 19.5. The number of benzene rings is 2. The van der Waals surface area contributed by atoms with Gasteiger partial charge < -0.3 is 25.8 Å². The Balaban J connectivity index is 1.35. The number of halogens is 4. The minimum Gasteiger partial charge on any atom is -0.489 e. The summed E-state index contributed by atoms with van der Waals surface area (Å²) in [6, 6.07) is 9.10. The normalized spacial score (nSPS) is 20.5. The minimum atomic E-state index is -0.988. The van der Waals surface area contributed by atoms with E-state index < -0.39 is 29.4 Å². The number of pyridine rings is 1. The van der Waals surface area contributed by atoms with Crippen molar-refractivity contribution in [1.82, 2.24) is 19.9 Å². The second kappa shape index (κ2) is 12.3. The number of nitriles is 2. The summed E-state index contributed by atoms with van der Waals surface area (Å²) >= 11 is 7.92. The Morgan fingerprint density at radius 3 is 2.73 bits per heavy atom. The lowest BCUT2D eigenvalue weighted by atomic mass is 9.95. The first-order valence-corrected chi connectivity index (χ1v) is 17.5. The van der Waals surface area contributed by atoms with Gasteiger partial charge in [0.05, 0.1) is 38.8 Å². The van der Waals surface area contributed by atoms with Crippen LogP contribution in [0, 0.1) is 34.3 Å². The van der Waals surface area contributed by atoms with E-state index in [2.05, 4.69) is 14.9 Å². The fourth-order valence-corrected chi connectivity index (χ4v) is 9.12. The lowest BCUT2D eigenvalue weighted by Crippen LogP contribution is -2.43. The van der Waals surface area contributed by atoms with E-state index in [4.69, 9.17) is 37.5 Å². The van der Waals surface area contributed by atoms with E-state index >= 15 is 8.78 Å². The van der Waals surface area contributed by atoms with Gasteiger partial charge in [0.1, 0.15) is 65.2 Å². The van der Waals surface area contributed by atoms with Crippen LogP contribution >= 0.6 is 22.9 Å². The molecule has 4 N–H and O–H groups in total. The molecule has 16 heteroatoms. The highest BCUT2D eigenvalue weighted by atomic mass is 35.5. The number of alkyl halides is 1. The molecule has 0 bridgehead atoms. The Labute approximate surface area is 298 Å². The number of nitrogens with two attached hydrogens (primary N) is 2. The Morgan fingerprint density at radius 2 is 1.96 bits per heavy atom. The number of thiophene rings is 1. The molecule has 0 aliphatic carbocycles. The van der Waals surface area contributed by atoms with Crippen molar-refractivity contribution in [2.24, 2.45) is 0 Å². The van der Waals surface area contributed by atoms with Crippen molar-refractivity contribution >= 4 is 60.6 Å². The first-order valence-electron chi connectivity index (χ1n) is 16.3. The summed E-state index contributed by atoms with van der Waals surface area (Å²) in [6.07, 6.45) is 0.948. The Morgan fingerprint density at radius 1 is 1.14 bits per heavy atom. The van der Waals surface area contributed by atoms with Gasteiger partial charge in [0.15, 0.2) is 11.6 Å². The van der Waals surface area contributed by atoms with Crippen molar-refractivity contribution in [1.29, 1.82) is 10.5 Å². The molecule has 3 aliphatic heterocycles. The van der Waals surface area contributed by atoms with Crippen molar-refractivity contribution in [3.05, 3.63) is 57.7 Å². The molecule has 0 spiro atoms. The third kappa shape index (κ3) is 5.13. The molecular weight excluding hydrogens is 703 g/mol. The van der Waals surface area contributed by atoms with E-state index in [1.807, 2.05) is 24.0 Å². The van der Waals surface area contributed by atoms with E-state index in [9.17, 15) is 14.9 Å². The Hall–Kier alpha value is -5.09. The van der Waals surface area contributed by atoms with Gasteiger partial charge in [0.2, 0.25) is 0 Å². The molecule has 3 aromatic heterocycles. The summed E-state index contributed by atoms with van der Waals surface area (Å²) < 4.78 is 59.5. The predicted molar refractivity (Wildman–Crippen MR) is 188 cm³/mol. The van der Waals surface area contributed by atoms with Crippen LogP contribution in [0.2, 0.25) is 5.02 Å². The lowest BCUT2D eigenvalue weighted by molar-refractivity contribution is 0.107.